The number of para-hydroxylation sites is 1. The Bertz CT molecular complexity index is 884. The molecule has 3 heterocycles. The van der Waals surface area contributed by atoms with Crippen LogP contribution in [0.3, 0.4) is 0 Å². The zero-order valence-corrected chi connectivity index (χ0v) is 13.4. The third kappa shape index (κ3) is 2.55. The van der Waals surface area contributed by atoms with Gasteiger partial charge in [0.1, 0.15) is 11.9 Å². The number of aromatic nitrogens is 3. The van der Waals surface area contributed by atoms with Crippen LogP contribution in [0.5, 0.6) is 0 Å². The second-order valence-electron chi connectivity index (χ2n) is 5.92. The predicted molar refractivity (Wildman–Crippen MR) is 89.7 cm³/mol. The van der Waals surface area contributed by atoms with Gasteiger partial charge in [-0.3, -0.25) is 9.78 Å². The first-order chi connectivity index (χ1) is 11.7. The van der Waals surface area contributed by atoms with Gasteiger partial charge in [0.2, 0.25) is 0 Å². The van der Waals surface area contributed by atoms with E-state index in [4.69, 9.17) is 4.74 Å². The number of carbonyl (C=O) groups excluding carboxylic acids is 1. The van der Waals surface area contributed by atoms with E-state index in [1.54, 1.807) is 12.4 Å². The summed E-state index contributed by atoms with van der Waals surface area (Å²) in [5.74, 6) is 0.718. The smallest absolute Gasteiger partial charge is 0.256 e. The third-order valence-corrected chi connectivity index (χ3v) is 4.29. The molecule has 0 radical (unpaired) electrons. The number of ether oxygens (including phenoxy) is 1. The molecule has 24 heavy (non-hydrogen) atoms. The Labute approximate surface area is 139 Å². The van der Waals surface area contributed by atoms with Gasteiger partial charge in [0.25, 0.3) is 5.91 Å². The maximum Gasteiger partial charge on any atom is 0.256 e. The number of nitrogens with zero attached hydrogens (tertiary/aromatic N) is 3. The standard InChI is InChI=1S/C18H18N4O2/c1-12-10-20-17(21-12)15-11-24-9-8-22(15)18(23)14-6-2-4-13-5-3-7-19-16(13)14/h2-7,10,15H,8-9,11H2,1H3,(H,20,21)/t15-/m1/s1. The highest BCUT2D eigenvalue weighted by atomic mass is 16.5. The zero-order chi connectivity index (χ0) is 16.5. The quantitative estimate of drug-likeness (QED) is 0.787. The van der Waals surface area contributed by atoms with Crippen LogP contribution in [-0.4, -0.2) is 45.5 Å². The molecule has 1 aromatic carbocycles. The summed E-state index contributed by atoms with van der Waals surface area (Å²) in [5.41, 5.74) is 2.31. The van der Waals surface area contributed by atoms with Gasteiger partial charge in [-0.25, -0.2) is 4.98 Å². The molecule has 3 aromatic rings. The molecule has 2 aromatic heterocycles. The number of morpholine rings is 1. The van der Waals surface area contributed by atoms with Crippen LogP contribution in [0.4, 0.5) is 0 Å². The Morgan fingerprint density at radius 1 is 1.29 bits per heavy atom. The van der Waals surface area contributed by atoms with E-state index in [0.29, 0.717) is 25.3 Å². The number of aromatic amines is 1. The molecular weight excluding hydrogens is 304 g/mol. The van der Waals surface area contributed by atoms with Gasteiger partial charge in [0.15, 0.2) is 0 Å². The molecule has 1 atom stereocenters. The van der Waals surface area contributed by atoms with Crippen molar-refractivity contribution >= 4 is 16.8 Å². The Morgan fingerprint density at radius 3 is 3.00 bits per heavy atom. The van der Waals surface area contributed by atoms with Crippen molar-refractivity contribution < 1.29 is 9.53 Å². The maximum atomic E-state index is 13.2. The average molecular weight is 322 g/mol. The molecule has 1 fully saturated rings. The normalized spacial score (nSPS) is 18.0. The highest BCUT2D eigenvalue weighted by Crippen LogP contribution is 2.26. The fraction of sp³-hybridized carbons (Fsp3) is 0.278. The van der Waals surface area contributed by atoms with Crippen molar-refractivity contribution in [3.05, 3.63) is 59.8 Å². The lowest BCUT2D eigenvalue weighted by Gasteiger charge is -2.34. The summed E-state index contributed by atoms with van der Waals surface area (Å²) in [5, 5.41) is 0.960. The van der Waals surface area contributed by atoms with Gasteiger partial charge >= 0.3 is 0 Å². The van der Waals surface area contributed by atoms with Crippen LogP contribution in [0.1, 0.15) is 27.9 Å². The van der Waals surface area contributed by atoms with E-state index in [-0.39, 0.29) is 11.9 Å². The molecule has 1 amide bonds. The first-order valence-electron chi connectivity index (χ1n) is 7.98. The summed E-state index contributed by atoms with van der Waals surface area (Å²) >= 11 is 0. The minimum Gasteiger partial charge on any atom is -0.377 e. The Morgan fingerprint density at radius 2 is 2.17 bits per heavy atom. The molecule has 0 spiro atoms. The number of rotatable bonds is 2. The molecule has 1 aliphatic rings. The Balaban J connectivity index is 1.73. The van der Waals surface area contributed by atoms with E-state index in [9.17, 15) is 4.79 Å². The summed E-state index contributed by atoms with van der Waals surface area (Å²) in [4.78, 5) is 27.0. The molecule has 0 unspecified atom stereocenters. The molecule has 1 N–H and O–H groups in total. The molecule has 6 heteroatoms. The van der Waals surface area contributed by atoms with E-state index in [2.05, 4.69) is 15.0 Å². The Kier molecular flexibility index (Phi) is 3.74. The second kappa shape index (κ2) is 6.05. The number of H-pyrrole nitrogens is 1. The van der Waals surface area contributed by atoms with Gasteiger partial charge in [-0.2, -0.15) is 0 Å². The summed E-state index contributed by atoms with van der Waals surface area (Å²) in [6, 6.07) is 9.32. The molecule has 6 nitrogen and oxygen atoms in total. The van der Waals surface area contributed by atoms with Gasteiger partial charge in [-0.15, -0.1) is 0 Å². The number of nitrogens with one attached hydrogen (secondary N) is 1. The van der Waals surface area contributed by atoms with Gasteiger partial charge in [0.05, 0.1) is 24.3 Å². The van der Waals surface area contributed by atoms with E-state index in [1.165, 1.54) is 0 Å². The number of amides is 1. The van der Waals surface area contributed by atoms with Crippen LogP contribution in [0.25, 0.3) is 10.9 Å². The van der Waals surface area contributed by atoms with Gasteiger partial charge in [0, 0.05) is 30.0 Å². The molecule has 122 valence electrons. The molecule has 4 rings (SSSR count). The lowest BCUT2D eigenvalue weighted by molar-refractivity contribution is -0.00491. The highest BCUT2D eigenvalue weighted by molar-refractivity contribution is 6.05. The first-order valence-corrected chi connectivity index (χ1v) is 7.98. The van der Waals surface area contributed by atoms with Crippen molar-refractivity contribution in [1.29, 1.82) is 0 Å². The molecule has 1 saturated heterocycles. The lowest BCUT2D eigenvalue weighted by atomic mass is 10.1. The number of hydrogen-bond acceptors (Lipinski definition) is 4. The molecule has 0 saturated carbocycles. The topological polar surface area (TPSA) is 71.1 Å². The van der Waals surface area contributed by atoms with Gasteiger partial charge in [-0.1, -0.05) is 18.2 Å². The summed E-state index contributed by atoms with van der Waals surface area (Å²) in [6.45, 7) is 3.45. The van der Waals surface area contributed by atoms with Gasteiger partial charge in [-0.05, 0) is 19.1 Å². The number of benzene rings is 1. The van der Waals surface area contributed by atoms with Crippen molar-refractivity contribution in [2.75, 3.05) is 19.8 Å². The average Bonchev–Trinajstić information content (AvgIpc) is 3.07. The number of pyridine rings is 1. The van der Waals surface area contributed by atoms with Crippen molar-refractivity contribution in [3.63, 3.8) is 0 Å². The maximum absolute atomic E-state index is 13.2. The van der Waals surface area contributed by atoms with Gasteiger partial charge < -0.3 is 14.6 Å². The number of carbonyl (C=O) groups is 1. The number of imidazole rings is 1. The third-order valence-electron chi connectivity index (χ3n) is 4.29. The predicted octanol–water partition coefficient (Wildman–Crippen LogP) is 2.48. The van der Waals surface area contributed by atoms with Crippen LogP contribution < -0.4 is 0 Å². The largest absolute Gasteiger partial charge is 0.377 e. The number of aryl methyl sites for hydroxylation is 1. The van der Waals surface area contributed by atoms with Crippen molar-refractivity contribution in [1.82, 2.24) is 19.9 Å². The van der Waals surface area contributed by atoms with Crippen molar-refractivity contribution in [2.45, 2.75) is 13.0 Å². The van der Waals surface area contributed by atoms with Crippen LogP contribution in [0.2, 0.25) is 0 Å². The summed E-state index contributed by atoms with van der Waals surface area (Å²) in [7, 11) is 0. The Hall–Kier alpha value is -2.73. The first kappa shape index (κ1) is 14.8. The molecule has 0 aliphatic carbocycles. The van der Waals surface area contributed by atoms with Crippen LogP contribution in [-0.2, 0) is 4.74 Å². The molecule has 0 bridgehead atoms. The van der Waals surface area contributed by atoms with E-state index in [0.717, 1.165) is 22.4 Å². The number of hydrogen-bond donors (Lipinski definition) is 1. The van der Waals surface area contributed by atoms with E-state index in [1.807, 2.05) is 42.2 Å². The monoisotopic (exact) mass is 322 g/mol. The fourth-order valence-electron chi connectivity index (χ4n) is 3.11. The lowest BCUT2D eigenvalue weighted by Crippen LogP contribution is -2.44. The highest BCUT2D eigenvalue weighted by Gasteiger charge is 2.32. The zero-order valence-electron chi connectivity index (χ0n) is 13.4. The minimum absolute atomic E-state index is 0.0401. The SMILES string of the molecule is Cc1cnc([C@H]2COCCN2C(=O)c2cccc3cccnc23)[nH]1. The van der Waals surface area contributed by atoms with Crippen LogP contribution in [0.15, 0.2) is 42.7 Å². The van der Waals surface area contributed by atoms with Crippen molar-refractivity contribution in [3.8, 4) is 0 Å². The summed E-state index contributed by atoms with van der Waals surface area (Å²) in [6.07, 6.45) is 3.48. The van der Waals surface area contributed by atoms with E-state index >= 15 is 0 Å². The fourth-order valence-corrected chi connectivity index (χ4v) is 3.11. The second-order valence-corrected chi connectivity index (χ2v) is 5.92. The van der Waals surface area contributed by atoms with Crippen LogP contribution in [0, 0.1) is 6.92 Å². The summed E-state index contributed by atoms with van der Waals surface area (Å²) < 4.78 is 5.58. The van der Waals surface area contributed by atoms with E-state index < -0.39 is 0 Å². The minimum atomic E-state index is -0.209. The van der Waals surface area contributed by atoms with Crippen molar-refractivity contribution in [2.24, 2.45) is 0 Å². The van der Waals surface area contributed by atoms with Crippen LogP contribution >= 0.6 is 0 Å². The number of fused-ring (bicyclic) bond motifs is 1. The molecule has 1 aliphatic heterocycles. The molecular formula is C18H18N4O2.